The number of pyridine rings is 1. The molecule has 0 spiro atoms. The highest BCUT2D eigenvalue weighted by atomic mass is 16.1. The Bertz CT molecular complexity index is 413. The summed E-state index contributed by atoms with van der Waals surface area (Å²) in [5, 5.41) is 3.51. The molecule has 2 heterocycles. The molecule has 1 fully saturated rings. The molecule has 1 aromatic heterocycles. The van der Waals surface area contributed by atoms with Crippen molar-refractivity contribution in [2.24, 2.45) is 5.73 Å². The van der Waals surface area contributed by atoms with Crippen molar-refractivity contribution in [3.63, 3.8) is 0 Å². The lowest BCUT2D eigenvalue weighted by Crippen LogP contribution is -2.42. The molecule has 0 aliphatic carbocycles. The van der Waals surface area contributed by atoms with Crippen LogP contribution in [0.2, 0.25) is 0 Å². The van der Waals surface area contributed by atoms with Crippen molar-refractivity contribution in [3.05, 3.63) is 24.0 Å². The van der Waals surface area contributed by atoms with Crippen LogP contribution in [0.15, 0.2) is 18.3 Å². The SMILES string of the molecule is Cc1cc(NC2CCN(CC(N)=O)CC2)ccn1. The van der Waals surface area contributed by atoms with Gasteiger partial charge in [-0.15, -0.1) is 0 Å². The van der Waals surface area contributed by atoms with Crippen LogP contribution in [-0.2, 0) is 4.79 Å². The van der Waals surface area contributed by atoms with E-state index >= 15 is 0 Å². The van der Waals surface area contributed by atoms with Gasteiger partial charge in [0, 0.05) is 36.7 Å². The summed E-state index contributed by atoms with van der Waals surface area (Å²) in [6, 6.07) is 4.51. The van der Waals surface area contributed by atoms with Gasteiger partial charge in [0.25, 0.3) is 0 Å². The van der Waals surface area contributed by atoms with Crippen molar-refractivity contribution < 1.29 is 4.79 Å². The number of amides is 1. The molecular formula is C13H20N4O. The summed E-state index contributed by atoms with van der Waals surface area (Å²) in [6.45, 7) is 4.21. The lowest BCUT2D eigenvalue weighted by atomic mass is 10.0. The lowest BCUT2D eigenvalue weighted by molar-refractivity contribution is -0.119. The van der Waals surface area contributed by atoms with Gasteiger partial charge < -0.3 is 11.1 Å². The molecule has 18 heavy (non-hydrogen) atoms. The number of rotatable bonds is 4. The molecule has 0 atom stereocenters. The van der Waals surface area contributed by atoms with Crippen LogP contribution in [0, 0.1) is 6.92 Å². The molecule has 1 aromatic rings. The van der Waals surface area contributed by atoms with E-state index in [9.17, 15) is 4.79 Å². The quantitative estimate of drug-likeness (QED) is 0.825. The molecule has 5 heteroatoms. The second kappa shape index (κ2) is 5.82. The fourth-order valence-corrected chi connectivity index (χ4v) is 2.33. The van der Waals surface area contributed by atoms with Gasteiger partial charge >= 0.3 is 0 Å². The van der Waals surface area contributed by atoms with Gasteiger partial charge in [-0.25, -0.2) is 0 Å². The number of primary amides is 1. The number of carbonyl (C=O) groups excluding carboxylic acids is 1. The molecule has 0 aromatic carbocycles. The van der Waals surface area contributed by atoms with Gasteiger partial charge in [0.15, 0.2) is 0 Å². The number of nitrogens with zero attached hydrogens (tertiary/aromatic N) is 2. The highest BCUT2D eigenvalue weighted by molar-refractivity contribution is 5.75. The highest BCUT2D eigenvalue weighted by Gasteiger charge is 2.19. The first kappa shape index (κ1) is 12.8. The number of nitrogens with one attached hydrogen (secondary N) is 1. The van der Waals surface area contributed by atoms with E-state index in [1.807, 2.05) is 19.2 Å². The number of aromatic nitrogens is 1. The number of aryl methyl sites for hydroxylation is 1. The Kier molecular flexibility index (Phi) is 4.15. The smallest absolute Gasteiger partial charge is 0.231 e. The average Bonchev–Trinajstić information content (AvgIpc) is 2.31. The van der Waals surface area contributed by atoms with E-state index in [0.717, 1.165) is 37.3 Å². The molecule has 1 aliphatic heterocycles. The molecule has 2 rings (SSSR count). The summed E-state index contributed by atoms with van der Waals surface area (Å²) in [5.41, 5.74) is 7.34. The van der Waals surface area contributed by atoms with Gasteiger partial charge in [0.05, 0.1) is 6.54 Å². The minimum Gasteiger partial charge on any atom is -0.382 e. The van der Waals surface area contributed by atoms with E-state index in [-0.39, 0.29) is 5.91 Å². The van der Waals surface area contributed by atoms with E-state index in [1.165, 1.54) is 0 Å². The summed E-state index contributed by atoms with van der Waals surface area (Å²) in [6.07, 6.45) is 3.89. The van der Waals surface area contributed by atoms with Crippen LogP contribution in [0.1, 0.15) is 18.5 Å². The lowest BCUT2D eigenvalue weighted by Gasteiger charge is -2.32. The van der Waals surface area contributed by atoms with E-state index in [2.05, 4.69) is 21.3 Å². The van der Waals surface area contributed by atoms with Gasteiger partial charge in [-0.05, 0) is 31.9 Å². The van der Waals surface area contributed by atoms with Gasteiger partial charge in [-0.3, -0.25) is 14.7 Å². The first-order valence-corrected chi connectivity index (χ1v) is 6.33. The molecule has 0 bridgehead atoms. The molecule has 0 saturated carbocycles. The van der Waals surface area contributed by atoms with Crippen LogP contribution in [0.25, 0.3) is 0 Å². The van der Waals surface area contributed by atoms with Crippen LogP contribution in [0.5, 0.6) is 0 Å². The first-order chi connectivity index (χ1) is 8.63. The Hall–Kier alpha value is -1.62. The molecule has 0 radical (unpaired) electrons. The van der Waals surface area contributed by atoms with Crippen molar-refractivity contribution in [2.75, 3.05) is 25.0 Å². The predicted octanol–water partition coefficient (Wildman–Crippen LogP) is 0.752. The topological polar surface area (TPSA) is 71.2 Å². The van der Waals surface area contributed by atoms with Crippen LogP contribution < -0.4 is 11.1 Å². The Morgan fingerprint density at radius 2 is 2.28 bits per heavy atom. The van der Waals surface area contributed by atoms with Crippen LogP contribution >= 0.6 is 0 Å². The molecule has 98 valence electrons. The Morgan fingerprint density at radius 1 is 1.56 bits per heavy atom. The summed E-state index contributed by atoms with van der Waals surface area (Å²) >= 11 is 0. The average molecular weight is 248 g/mol. The monoisotopic (exact) mass is 248 g/mol. The zero-order valence-electron chi connectivity index (χ0n) is 10.7. The van der Waals surface area contributed by atoms with Crippen molar-refractivity contribution >= 4 is 11.6 Å². The molecule has 5 nitrogen and oxygen atoms in total. The van der Waals surface area contributed by atoms with Crippen molar-refractivity contribution in [3.8, 4) is 0 Å². The Labute approximate surface area is 107 Å². The number of likely N-dealkylation sites (tertiary alicyclic amines) is 1. The normalized spacial score (nSPS) is 17.6. The summed E-state index contributed by atoms with van der Waals surface area (Å²) in [4.78, 5) is 17.1. The second-order valence-electron chi connectivity index (χ2n) is 4.85. The summed E-state index contributed by atoms with van der Waals surface area (Å²) in [5.74, 6) is -0.244. The molecule has 1 aliphatic rings. The van der Waals surface area contributed by atoms with E-state index in [4.69, 9.17) is 5.73 Å². The number of nitrogens with two attached hydrogens (primary N) is 1. The van der Waals surface area contributed by atoms with Crippen LogP contribution in [0.3, 0.4) is 0 Å². The van der Waals surface area contributed by atoms with E-state index in [0.29, 0.717) is 12.6 Å². The van der Waals surface area contributed by atoms with Crippen LogP contribution in [-0.4, -0.2) is 41.5 Å². The molecule has 1 saturated heterocycles. The molecule has 1 amide bonds. The zero-order chi connectivity index (χ0) is 13.0. The third-order valence-electron chi connectivity index (χ3n) is 3.23. The zero-order valence-corrected chi connectivity index (χ0v) is 10.7. The third-order valence-corrected chi connectivity index (χ3v) is 3.23. The van der Waals surface area contributed by atoms with Gasteiger partial charge in [-0.1, -0.05) is 0 Å². The van der Waals surface area contributed by atoms with Crippen molar-refractivity contribution in [2.45, 2.75) is 25.8 Å². The van der Waals surface area contributed by atoms with Gasteiger partial charge in [0.2, 0.25) is 5.91 Å². The number of hydrogen-bond acceptors (Lipinski definition) is 4. The summed E-state index contributed by atoms with van der Waals surface area (Å²) in [7, 11) is 0. The molecular weight excluding hydrogens is 228 g/mol. The van der Waals surface area contributed by atoms with Crippen molar-refractivity contribution in [1.82, 2.24) is 9.88 Å². The fourth-order valence-electron chi connectivity index (χ4n) is 2.33. The minimum atomic E-state index is -0.244. The van der Waals surface area contributed by atoms with Gasteiger partial charge in [-0.2, -0.15) is 0 Å². The Balaban J connectivity index is 1.81. The first-order valence-electron chi connectivity index (χ1n) is 6.33. The minimum absolute atomic E-state index is 0.244. The number of carbonyl (C=O) groups is 1. The number of piperidine rings is 1. The molecule has 0 unspecified atom stereocenters. The standard InChI is InChI=1S/C13H20N4O/c1-10-8-12(2-5-15-10)16-11-3-6-17(7-4-11)9-13(14)18/h2,5,8,11H,3-4,6-7,9H2,1H3,(H2,14,18)(H,15,16). The van der Waals surface area contributed by atoms with Crippen molar-refractivity contribution in [1.29, 1.82) is 0 Å². The maximum atomic E-state index is 10.8. The molecule has 3 N–H and O–H groups in total. The predicted molar refractivity (Wildman–Crippen MR) is 71.3 cm³/mol. The number of hydrogen-bond donors (Lipinski definition) is 2. The Morgan fingerprint density at radius 3 is 2.89 bits per heavy atom. The second-order valence-corrected chi connectivity index (χ2v) is 4.85. The van der Waals surface area contributed by atoms with E-state index in [1.54, 1.807) is 0 Å². The maximum absolute atomic E-state index is 10.8. The summed E-state index contributed by atoms with van der Waals surface area (Å²) < 4.78 is 0. The van der Waals surface area contributed by atoms with E-state index < -0.39 is 0 Å². The van der Waals surface area contributed by atoms with Gasteiger partial charge in [0.1, 0.15) is 0 Å². The number of anilines is 1. The fraction of sp³-hybridized carbons (Fsp3) is 0.538. The third kappa shape index (κ3) is 3.70. The largest absolute Gasteiger partial charge is 0.382 e. The van der Waals surface area contributed by atoms with Crippen LogP contribution in [0.4, 0.5) is 5.69 Å². The highest BCUT2D eigenvalue weighted by Crippen LogP contribution is 2.16. The maximum Gasteiger partial charge on any atom is 0.231 e.